The first-order chi connectivity index (χ1) is 15.3. The molecule has 7 nitrogen and oxygen atoms in total. The molecule has 1 aromatic rings. The van der Waals surface area contributed by atoms with Crippen LogP contribution in [0.25, 0.3) is 0 Å². The van der Waals surface area contributed by atoms with E-state index in [1.54, 1.807) is 17.2 Å². The summed E-state index contributed by atoms with van der Waals surface area (Å²) in [6.07, 6.45) is 8.51. The molecule has 2 atom stereocenters. The Morgan fingerprint density at radius 3 is 2.62 bits per heavy atom. The number of piperidine rings is 2. The molecule has 1 aliphatic carbocycles. The highest BCUT2D eigenvalue weighted by molar-refractivity contribution is 5.92. The van der Waals surface area contributed by atoms with Crippen LogP contribution in [0.2, 0.25) is 0 Å². The lowest BCUT2D eigenvalue weighted by Crippen LogP contribution is -2.55. The van der Waals surface area contributed by atoms with Crippen LogP contribution >= 0.6 is 0 Å². The fourth-order valence-corrected chi connectivity index (χ4v) is 5.76. The monoisotopic (exact) mass is 442 g/mol. The number of fused-ring (bicyclic) bond motifs is 1. The fourth-order valence-electron chi connectivity index (χ4n) is 5.76. The molecule has 4 rings (SSSR count). The minimum atomic E-state index is -0.941. The summed E-state index contributed by atoms with van der Waals surface area (Å²) in [7, 11) is 1.40. The number of methoxy groups -OCH3 is 1. The third-order valence-electron chi connectivity index (χ3n) is 7.22. The summed E-state index contributed by atoms with van der Waals surface area (Å²) in [5, 5.41) is 0. The largest absolute Gasteiger partial charge is 0.468 e. The molecule has 0 saturated carbocycles. The third kappa shape index (κ3) is 4.21. The second-order valence-electron chi connectivity index (χ2n) is 10.3. The zero-order chi connectivity index (χ0) is 22.9. The number of ether oxygens (including phenoxy) is 1. The second kappa shape index (κ2) is 8.75. The van der Waals surface area contributed by atoms with E-state index in [4.69, 9.17) is 9.15 Å². The Kier molecular flexibility index (Phi) is 6.19. The molecule has 2 amide bonds. The van der Waals surface area contributed by atoms with Crippen molar-refractivity contribution < 1.29 is 23.5 Å². The van der Waals surface area contributed by atoms with Gasteiger partial charge in [-0.1, -0.05) is 19.9 Å². The van der Waals surface area contributed by atoms with E-state index in [0.717, 1.165) is 38.8 Å². The number of carbonyl (C=O) groups is 3. The highest BCUT2D eigenvalue weighted by Gasteiger charge is 2.57. The summed E-state index contributed by atoms with van der Waals surface area (Å²) in [6.45, 7) is 6.00. The molecule has 0 unspecified atom stereocenters. The molecule has 174 valence electrons. The van der Waals surface area contributed by atoms with Gasteiger partial charge in [0.1, 0.15) is 11.2 Å². The van der Waals surface area contributed by atoms with Gasteiger partial charge in [0.25, 0.3) is 0 Å². The number of likely N-dealkylation sites (tertiary alicyclic amines) is 2. The van der Waals surface area contributed by atoms with Gasteiger partial charge in [0, 0.05) is 31.1 Å². The van der Waals surface area contributed by atoms with Crippen molar-refractivity contribution in [1.29, 1.82) is 0 Å². The molecule has 7 heteroatoms. The van der Waals surface area contributed by atoms with Crippen LogP contribution in [-0.4, -0.2) is 47.8 Å². The summed E-state index contributed by atoms with van der Waals surface area (Å²) < 4.78 is 10.8. The standard InChI is InChI=1S/C25H34N2O5/c1-24(2)10-9-20-25(17-24,23(30)31-3)15-18(14-21(28)26-11-5-4-6-12-26)22(29)27(20)16-19-8-7-13-32-19/h7-9,13,18H,4-6,10-12,14-17H2,1-3H3/t18-,25-/m1/s1. The van der Waals surface area contributed by atoms with Gasteiger partial charge in [-0.2, -0.15) is 0 Å². The van der Waals surface area contributed by atoms with Crippen molar-refractivity contribution in [1.82, 2.24) is 9.80 Å². The molecule has 0 N–H and O–H groups in total. The SMILES string of the molecule is COC(=O)[C@@]12C[C@@H](CC(=O)N3CCCCC3)C(=O)N(Cc3ccco3)C1=CCC(C)(C)C2. The first-order valence-electron chi connectivity index (χ1n) is 11.7. The summed E-state index contributed by atoms with van der Waals surface area (Å²) in [4.78, 5) is 43.6. The number of esters is 1. The van der Waals surface area contributed by atoms with Crippen LogP contribution in [0.15, 0.2) is 34.6 Å². The van der Waals surface area contributed by atoms with Crippen molar-refractivity contribution in [3.8, 4) is 0 Å². The Bertz CT molecular complexity index is 897. The molecular weight excluding hydrogens is 408 g/mol. The normalized spacial score (nSPS) is 27.5. The topological polar surface area (TPSA) is 80.1 Å². The summed E-state index contributed by atoms with van der Waals surface area (Å²) in [5.41, 5.74) is -0.355. The quantitative estimate of drug-likeness (QED) is 0.646. The van der Waals surface area contributed by atoms with Gasteiger partial charge >= 0.3 is 5.97 Å². The molecule has 2 saturated heterocycles. The molecule has 0 bridgehead atoms. The molecule has 0 spiro atoms. The molecule has 3 aliphatic rings. The van der Waals surface area contributed by atoms with Crippen LogP contribution in [-0.2, 0) is 25.7 Å². The van der Waals surface area contributed by atoms with E-state index in [2.05, 4.69) is 13.8 Å². The van der Waals surface area contributed by atoms with Crippen molar-refractivity contribution in [2.75, 3.05) is 20.2 Å². The predicted molar refractivity (Wildman–Crippen MR) is 118 cm³/mol. The van der Waals surface area contributed by atoms with E-state index in [9.17, 15) is 14.4 Å². The number of furan rings is 1. The summed E-state index contributed by atoms with van der Waals surface area (Å²) in [6, 6.07) is 3.61. The maximum atomic E-state index is 13.7. The fraction of sp³-hybridized carbons (Fsp3) is 0.640. The first-order valence-corrected chi connectivity index (χ1v) is 11.7. The van der Waals surface area contributed by atoms with Crippen LogP contribution in [0.4, 0.5) is 0 Å². The van der Waals surface area contributed by atoms with E-state index in [1.165, 1.54) is 7.11 Å². The lowest BCUT2D eigenvalue weighted by atomic mass is 9.59. The van der Waals surface area contributed by atoms with Crippen molar-refractivity contribution in [3.63, 3.8) is 0 Å². The van der Waals surface area contributed by atoms with E-state index >= 15 is 0 Å². The van der Waals surface area contributed by atoms with Gasteiger partial charge in [-0.25, -0.2) is 0 Å². The van der Waals surface area contributed by atoms with Crippen LogP contribution in [0, 0.1) is 16.7 Å². The first kappa shape index (κ1) is 22.6. The minimum absolute atomic E-state index is 0.00325. The number of amides is 2. The average Bonchev–Trinajstić information content (AvgIpc) is 3.29. The zero-order valence-electron chi connectivity index (χ0n) is 19.4. The lowest BCUT2D eigenvalue weighted by molar-refractivity contribution is -0.163. The maximum absolute atomic E-state index is 13.7. The number of carbonyl (C=O) groups excluding carboxylic acids is 3. The van der Waals surface area contributed by atoms with Crippen LogP contribution in [0.5, 0.6) is 0 Å². The molecule has 2 aliphatic heterocycles. The molecule has 0 radical (unpaired) electrons. The van der Waals surface area contributed by atoms with Crippen molar-refractivity contribution in [2.24, 2.45) is 16.7 Å². The summed E-state index contributed by atoms with van der Waals surface area (Å²) in [5.74, 6) is -0.361. The van der Waals surface area contributed by atoms with Crippen molar-refractivity contribution >= 4 is 17.8 Å². The van der Waals surface area contributed by atoms with E-state index in [-0.39, 0.29) is 36.2 Å². The Balaban J connectivity index is 1.69. The molecule has 1 aromatic heterocycles. The molecule has 0 aromatic carbocycles. The lowest BCUT2D eigenvalue weighted by Gasteiger charge is -2.51. The average molecular weight is 443 g/mol. The number of nitrogens with zero attached hydrogens (tertiary/aromatic N) is 2. The van der Waals surface area contributed by atoms with Crippen LogP contribution < -0.4 is 0 Å². The Hall–Kier alpha value is -2.57. The molecule has 2 fully saturated rings. The van der Waals surface area contributed by atoms with Gasteiger partial charge in [-0.15, -0.1) is 0 Å². The predicted octanol–water partition coefficient (Wildman–Crippen LogP) is 3.89. The Morgan fingerprint density at radius 2 is 1.97 bits per heavy atom. The van der Waals surface area contributed by atoms with Crippen molar-refractivity contribution in [2.45, 2.75) is 65.3 Å². The van der Waals surface area contributed by atoms with Gasteiger partial charge < -0.3 is 19.0 Å². The minimum Gasteiger partial charge on any atom is -0.468 e. The van der Waals surface area contributed by atoms with Gasteiger partial charge in [0.2, 0.25) is 11.8 Å². The van der Waals surface area contributed by atoms with Crippen LogP contribution in [0.1, 0.15) is 64.6 Å². The number of hydrogen-bond donors (Lipinski definition) is 0. The van der Waals surface area contributed by atoms with Crippen molar-refractivity contribution in [3.05, 3.63) is 35.9 Å². The van der Waals surface area contributed by atoms with E-state index in [1.807, 2.05) is 17.0 Å². The van der Waals surface area contributed by atoms with Gasteiger partial charge in [0.15, 0.2) is 0 Å². The third-order valence-corrected chi connectivity index (χ3v) is 7.22. The molecular formula is C25H34N2O5. The highest BCUT2D eigenvalue weighted by atomic mass is 16.5. The molecule has 3 heterocycles. The molecule has 32 heavy (non-hydrogen) atoms. The number of rotatable bonds is 5. The van der Waals surface area contributed by atoms with Gasteiger partial charge in [0.05, 0.1) is 19.9 Å². The van der Waals surface area contributed by atoms with Gasteiger partial charge in [-0.05, 0) is 56.1 Å². The van der Waals surface area contributed by atoms with E-state index in [0.29, 0.717) is 24.3 Å². The zero-order valence-corrected chi connectivity index (χ0v) is 19.4. The Labute approximate surface area is 189 Å². The number of allylic oxidation sites excluding steroid dienone is 1. The van der Waals surface area contributed by atoms with Gasteiger partial charge in [-0.3, -0.25) is 14.4 Å². The maximum Gasteiger partial charge on any atom is 0.317 e. The Morgan fingerprint density at radius 1 is 1.22 bits per heavy atom. The van der Waals surface area contributed by atoms with Crippen LogP contribution in [0.3, 0.4) is 0 Å². The smallest absolute Gasteiger partial charge is 0.317 e. The van der Waals surface area contributed by atoms with E-state index < -0.39 is 11.3 Å². The highest BCUT2D eigenvalue weighted by Crippen LogP contribution is 2.55. The second-order valence-corrected chi connectivity index (χ2v) is 10.3. The summed E-state index contributed by atoms with van der Waals surface area (Å²) >= 11 is 0. The number of hydrogen-bond acceptors (Lipinski definition) is 5.